The van der Waals surface area contributed by atoms with E-state index in [2.05, 4.69) is 36.7 Å². The third kappa shape index (κ3) is 3.94. The standard InChI is InChI=1S/C22H23FN10O/c1-2-26-20-21-27-11-15(10-25)33(21)30-22(29-20)28-17-7-14(9-24)8-18(19(17)23)32-5-3-31(4-6-32)16-12-34-13-16/h7-8,11,16H,2-6,12-13H2,1H3,(H2,26,28,29,30). The van der Waals surface area contributed by atoms with Crippen LogP contribution in [0.5, 0.6) is 0 Å². The Morgan fingerprint density at radius 3 is 2.62 bits per heavy atom. The van der Waals surface area contributed by atoms with Crippen molar-refractivity contribution < 1.29 is 9.13 Å². The maximum absolute atomic E-state index is 15.7. The van der Waals surface area contributed by atoms with Crippen molar-refractivity contribution in [2.75, 3.05) is 61.5 Å². The number of imidazole rings is 1. The van der Waals surface area contributed by atoms with E-state index in [1.165, 1.54) is 16.8 Å². The number of rotatable bonds is 6. The number of benzene rings is 1. The minimum absolute atomic E-state index is 0.0766. The van der Waals surface area contributed by atoms with Crippen LogP contribution in [0.15, 0.2) is 18.3 Å². The topological polar surface area (TPSA) is 130 Å². The zero-order chi connectivity index (χ0) is 23.7. The molecule has 11 nitrogen and oxygen atoms in total. The SMILES string of the molecule is CCNc1nc(Nc2cc(C#N)cc(N3CCN(C4COC4)CC3)c2F)nn2c(C#N)cnc12. The van der Waals surface area contributed by atoms with Crippen molar-refractivity contribution in [3.05, 3.63) is 35.4 Å². The van der Waals surface area contributed by atoms with Gasteiger partial charge in [-0.2, -0.15) is 20.0 Å². The molecule has 0 amide bonds. The summed E-state index contributed by atoms with van der Waals surface area (Å²) in [5.41, 5.74) is 1.39. The van der Waals surface area contributed by atoms with Gasteiger partial charge in [-0.1, -0.05) is 0 Å². The van der Waals surface area contributed by atoms with Gasteiger partial charge < -0.3 is 20.3 Å². The van der Waals surface area contributed by atoms with Crippen LogP contribution >= 0.6 is 0 Å². The van der Waals surface area contributed by atoms with Crippen LogP contribution in [0.2, 0.25) is 0 Å². The molecule has 0 unspecified atom stereocenters. The van der Waals surface area contributed by atoms with Crippen LogP contribution in [0.4, 0.5) is 27.5 Å². The molecular weight excluding hydrogens is 439 g/mol. The van der Waals surface area contributed by atoms with Crippen molar-refractivity contribution in [2.45, 2.75) is 13.0 Å². The number of aromatic nitrogens is 4. The molecule has 2 saturated heterocycles. The molecule has 0 radical (unpaired) electrons. The Kier molecular flexibility index (Phi) is 5.84. The molecule has 2 aliphatic heterocycles. The van der Waals surface area contributed by atoms with Crippen molar-refractivity contribution in [2.24, 2.45) is 0 Å². The van der Waals surface area contributed by atoms with Crippen molar-refractivity contribution in [3.8, 4) is 12.1 Å². The minimum Gasteiger partial charge on any atom is -0.378 e. The Bertz CT molecular complexity index is 1300. The lowest BCUT2D eigenvalue weighted by molar-refractivity contribution is -0.0660. The molecule has 34 heavy (non-hydrogen) atoms. The van der Waals surface area contributed by atoms with Crippen molar-refractivity contribution >= 4 is 28.8 Å². The summed E-state index contributed by atoms with van der Waals surface area (Å²) in [6.07, 6.45) is 1.40. The summed E-state index contributed by atoms with van der Waals surface area (Å²) in [7, 11) is 0. The second-order valence-electron chi connectivity index (χ2n) is 8.11. The number of fused-ring (bicyclic) bond motifs is 1. The summed E-state index contributed by atoms with van der Waals surface area (Å²) in [4.78, 5) is 12.9. The van der Waals surface area contributed by atoms with Gasteiger partial charge in [0.1, 0.15) is 6.07 Å². The van der Waals surface area contributed by atoms with E-state index in [9.17, 15) is 10.5 Å². The van der Waals surface area contributed by atoms with Crippen molar-refractivity contribution in [1.82, 2.24) is 24.5 Å². The predicted molar refractivity (Wildman–Crippen MR) is 122 cm³/mol. The first-order chi connectivity index (χ1) is 16.6. The molecule has 4 heterocycles. The van der Waals surface area contributed by atoms with E-state index in [1.807, 2.05) is 17.9 Å². The third-order valence-corrected chi connectivity index (χ3v) is 6.04. The lowest BCUT2D eigenvalue weighted by Gasteiger charge is -2.43. The smallest absolute Gasteiger partial charge is 0.247 e. The largest absolute Gasteiger partial charge is 0.378 e. The van der Waals surface area contributed by atoms with Crippen LogP contribution in [-0.4, -0.2) is 76.5 Å². The fourth-order valence-electron chi connectivity index (χ4n) is 4.17. The molecule has 5 rings (SSSR count). The molecule has 2 aliphatic rings. The van der Waals surface area contributed by atoms with Crippen LogP contribution in [0.1, 0.15) is 18.2 Å². The van der Waals surface area contributed by atoms with E-state index >= 15 is 4.39 Å². The highest BCUT2D eigenvalue weighted by Crippen LogP contribution is 2.31. The summed E-state index contributed by atoms with van der Waals surface area (Å²) in [5, 5.41) is 29.2. The van der Waals surface area contributed by atoms with Gasteiger partial charge in [-0.25, -0.2) is 9.37 Å². The van der Waals surface area contributed by atoms with Gasteiger partial charge in [0.05, 0.1) is 48.5 Å². The van der Waals surface area contributed by atoms with Gasteiger partial charge >= 0.3 is 0 Å². The van der Waals surface area contributed by atoms with E-state index in [-0.39, 0.29) is 17.3 Å². The molecular formula is C22H23FN10O. The van der Waals surface area contributed by atoms with Crippen LogP contribution in [0.3, 0.4) is 0 Å². The van der Waals surface area contributed by atoms with Gasteiger partial charge in [-0.3, -0.25) is 4.90 Å². The molecule has 0 aliphatic carbocycles. The third-order valence-electron chi connectivity index (χ3n) is 6.04. The number of halogens is 1. The van der Waals surface area contributed by atoms with Gasteiger partial charge in [0, 0.05) is 32.7 Å². The van der Waals surface area contributed by atoms with Gasteiger partial charge in [0.15, 0.2) is 23.0 Å². The van der Waals surface area contributed by atoms with Gasteiger partial charge in [0.2, 0.25) is 5.95 Å². The number of hydrogen-bond donors (Lipinski definition) is 2. The average molecular weight is 462 g/mol. The summed E-state index contributed by atoms with van der Waals surface area (Å²) in [6.45, 7) is 6.87. The molecule has 0 saturated carbocycles. The highest BCUT2D eigenvalue weighted by atomic mass is 19.1. The maximum Gasteiger partial charge on any atom is 0.247 e. The number of nitriles is 2. The Morgan fingerprint density at radius 1 is 1.18 bits per heavy atom. The van der Waals surface area contributed by atoms with Crippen LogP contribution < -0.4 is 15.5 Å². The zero-order valence-corrected chi connectivity index (χ0v) is 18.6. The molecule has 3 aromatic rings. The average Bonchev–Trinajstić information content (AvgIpc) is 3.23. The lowest BCUT2D eigenvalue weighted by atomic mass is 10.1. The Labute approximate surface area is 195 Å². The molecule has 2 fully saturated rings. The van der Waals surface area contributed by atoms with Gasteiger partial charge in [-0.15, -0.1) is 5.10 Å². The summed E-state index contributed by atoms with van der Waals surface area (Å²) < 4.78 is 22.3. The molecule has 2 aromatic heterocycles. The first kappa shape index (κ1) is 21.8. The molecule has 12 heteroatoms. The quantitative estimate of drug-likeness (QED) is 0.558. The van der Waals surface area contributed by atoms with Crippen LogP contribution in [0.25, 0.3) is 5.65 Å². The number of ether oxygens (including phenoxy) is 1. The molecule has 0 bridgehead atoms. The minimum atomic E-state index is -0.487. The van der Waals surface area contributed by atoms with Crippen LogP contribution in [0, 0.1) is 28.5 Å². The summed E-state index contributed by atoms with van der Waals surface area (Å²) in [5.74, 6) is 0.00150. The molecule has 174 valence electrons. The fraction of sp³-hybridized carbons (Fsp3) is 0.409. The maximum atomic E-state index is 15.7. The first-order valence-electron chi connectivity index (χ1n) is 11.1. The Morgan fingerprint density at radius 2 is 1.97 bits per heavy atom. The van der Waals surface area contributed by atoms with Crippen LogP contribution in [-0.2, 0) is 4.74 Å². The predicted octanol–water partition coefficient (Wildman–Crippen LogP) is 1.70. The number of hydrogen-bond acceptors (Lipinski definition) is 10. The van der Waals surface area contributed by atoms with Crippen molar-refractivity contribution in [1.29, 1.82) is 10.5 Å². The first-order valence-corrected chi connectivity index (χ1v) is 11.1. The normalized spacial score (nSPS) is 16.6. The monoisotopic (exact) mass is 462 g/mol. The number of anilines is 4. The van der Waals surface area contributed by atoms with Crippen molar-refractivity contribution in [3.63, 3.8) is 0 Å². The Hall–Kier alpha value is -4.00. The Balaban J connectivity index is 1.46. The number of piperazine rings is 1. The second kappa shape index (κ2) is 9.09. The lowest BCUT2D eigenvalue weighted by Crippen LogP contribution is -2.56. The number of nitrogens with one attached hydrogen (secondary N) is 2. The van der Waals surface area contributed by atoms with E-state index in [4.69, 9.17) is 4.74 Å². The number of nitrogens with zero attached hydrogens (tertiary/aromatic N) is 8. The molecule has 0 spiro atoms. The fourth-order valence-corrected chi connectivity index (χ4v) is 4.17. The van der Waals surface area contributed by atoms with Gasteiger partial charge in [-0.05, 0) is 19.1 Å². The molecule has 2 N–H and O–H groups in total. The highest BCUT2D eigenvalue weighted by molar-refractivity contribution is 5.70. The molecule has 1 aromatic carbocycles. The van der Waals surface area contributed by atoms with E-state index < -0.39 is 5.82 Å². The highest BCUT2D eigenvalue weighted by Gasteiger charge is 2.30. The van der Waals surface area contributed by atoms with E-state index in [1.54, 1.807) is 6.07 Å². The summed E-state index contributed by atoms with van der Waals surface area (Å²) >= 11 is 0. The second-order valence-corrected chi connectivity index (χ2v) is 8.11. The zero-order valence-electron chi connectivity index (χ0n) is 18.6. The summed E-state index contributed by atoms with van der Waals surface area (Å²) in [6, 6.07) is 7.58. The van der Waals surface area contributed by atoms with E-state index in [0.29, 0.717) is 48.4 Å². The van der Waals surface area contributed by atoms with E-state index in [0.717, 1.165) is 26.3 Å². The molecule has 0 atom stereocenters. The van der Waals surface area contributed by atoms with Gasteiger partial charge in [0.25, 0.3) is 0 Å².